The van der Waals surface area contributed by atoms with Crippen LogP contribution < -0.4 is 0 Å². The van der Waals surface area contributed by atoms with Gasteiger partial charge in [0, 0.05) is 13.1 Å². The molecule has 0 saturated carbocycles. The van der Waals surface area contributed by atoms with Gasteiger partial charge in [-0.2, -0.15) is 0 Å². The van der Waals surface area contributed by atoms with Crippen LogP contribution in [-0.2, 0) is 0 Å². The number of hydrogen-bond donors (Lipinski definition) is 0. The Balaban J connectivity index is 2.11. The van der Waals surface area contributed by atoms with Gasteiger partial charge >= 0.3 is 0 Å². The lowest BCUT2D eigenvalue weighted by Crippen LogP contribution is -2.29. The molecule has 1 unspecified atom stereocenters. The van der Waals surface area contributed by atoms with Crippen molar-refractivity contribution >= 4 is 5.57 Å². The third kappa shape index (κ3) is 1.51. The SMILES string of the molecule is CC1CC2=C(CCN(C)C2)c2ccccc21. The van der Waals surface area contributed by atoms with E-state index in [2.05, 4.69) is 43.1 Å². The zero-order chi connectivity index (χ0) is 11.1. The van der Waals surface area contributed by atoms with E-state index in [1.165, 1.54) is 31.5 Å². The van der Waals surface area contributed by atoms with Gasteiger partial charge in [-0.1, -0.05) is 36.8 Å². The predicted molar refractivity (Wildman–Crippen MR) is 68.5 cm³/mol. The van der Waals surface area contributed by atoms with Crippen molar-refractivity contribution in [1.82, 2.24) is 4.90 Å². The minimum atomic E-state index is 0.696. The van der Waals surface area contributed by atoms with E-state index in [1.54, 1.807) is 16.7 Å². The van der Waals surface area contributed by atoms with Crippen LogP contribution in [-0.4, -0.2) is 25.0 Å². The summed E-state index contributed by atoms with van der Waals surface area (Å²) in [7, 11) is 2.23. The molecule has 3 rings (SSSR count). The van der Waals surface area contributed by atoms with Gasteiger partial charge in [0.15, 0.2) is 0 Å². The van der Waals surface area contributed by atoms with Crippen LogP contribution in [0.25, 0.3) is 5.57 Å². The minimum Gasteiger partial charge on any atom is -0.302 e. The molecule has 16 heavy (non-hydrogen) atoms. The third-order valence-electron chi connectivity index (χ3n) is 4.00. The van der Waals surface area contributed by atoms with Crippen molar-refractivity contribution in [2.75, 3.05) is 20.1 Å². The largest absolute Gasteiger partial charge is 0.302 e. The average Bonchev–Trinajstić information content (AvgIpc) is 2.29. The Morgan fingerprint density at radius 2 is 2.06 bits per heavy atom. The zero-order valence-corrected chi connectivity index (χ0v) is 10.2. The Hall–Kier alpha value is -1.08. The molecule has 0 aromatic heterocycles. The van der Waals surface area contributed by atoms with Crippen molar-refractivity contribution in [3.05, 3.63) is 41.0 Å². The van der Waals surface area contributed by atoms with Gasteiger partial charge in [0.05, 0.1) is 0 Å². The van der Waals surface area contributed by atoms with Gasteiger partial charge in [-0.05, 0) is 42.5 Å². The molecule has 1 aliphatic heterocycles. The lowest BCUT2D eigenvalue weighted by molar-refractivity contribution is 0.351. The number of benzene rings is 1. The van der Waals surface area contributed by atoms with Crippen molar-refractivity contribution in [2.45, 2.75) is 25.7 Å². The first-order chi connectivity index (χ1) is 7.75. The Labute approximate surface area is 97.8 Å². The van der Waals surface area contributed by atoms with Gasteiger partial charge in [0.25, 0.3) is 0 Å². The van der Waals surface area contributed by atoms with E-state index >= 15 is 0 Å². The summed E-state index contributed by atoms with van der Waals surface area (Å²) in [5, 5.41) is 0. The highest BCUT2D eigenvalue weighted by Gasteiger charge is 2.26. The summed E-state index contributed by atoms with van der Waals surface area (Å²) in [5.74, 6) is 0.696. The van der Waals surface area contributed by atoms with E-state index in [4.69, 9.17) is 0 Å². The van der Waals surface area contributed by atoms with Crippen LogP contribution in [0.5, 0.6) is 0 Å². The second-order valence-electron chi connectivity index (χ2n) is 5.26. The van der Waals surface area contributed by atoms with Crippen molar-refractivity contribution in [3.8, 4) is 0 Å². The van der Waals surface area contributed by atoms with Gasteiger partial charge < -0.3 is 4.90 Å². The van der Waals surface area contributed by atoms with Crippen molar-refractivity contribution in [2.24, 2.45) is 0 Å². The molecule has 84 valence electrons. The Morgan fingerprint density at radius 1 is 1.25 bits per heavy atom. The first kappa shape index (κ1) is 10.1. The molecule has 0 bridgehead atoms. The number of likely N-dealkylation sites (N-methyl/N-ethyl adjacent to an activating group) is 1. The predicted octanol–water partition coefficient (Wildman–Crippen LogP) is 3.28. The molecule has 1 aromatic rings. The molecule has 0 radical (unpaired) electrons. The summed E-state index contributed by atoms with van der Waals surface area (Å²) < 4.78 is 0. The van der Waals surface area contributed by atoms with E-state index in [-0.39, 0.29) is 0 Å². The van der Waals surface area contributed by atoms with Crippen LogP contribution in [0, 0.1) is 0 Å². The fraction of sp³-hybridized carbons (Fsp3) is 0.467. The number of hydrogen-bond acceptors (Lipinski definition) is 1. The summed E-state index contributed by atoms with van der Waals surface area (Å²) >= 11 is 0. The second-order valence-corrected chi connectivity index (χ2v) is 5.26. The molecule has 0 spiro atoms. The van der Waals surface area contributed by atoms with Crippen molar-refractivity contribution < 1.29 is 0 Å². The molecule has 1 aromatic carbocycles. The fourth-order valence-corrected chi connectivity index (χ4v) is 3.17. The topological polar surface area (TPSA) is 3.24 Å². The van der Waals surface area contributed by atoms with Gasteiger partial charge in [0.2, 0.25) is 0 Å². The number of rotatable bonds is 0. The molecule has 1 atom stereocenters. The zero-order valence-electron chi connectivity index (χ0n) is 10.2. The highest BCUT2D eigenvalue weighted by molar-refractivity contribution is 5.75. The molecule has 1 heterocycles. The molecule has 2 aliphatic rings. The van der Waals surface area contributed by atoms with Crippen LogP contribution in [0.15, 0.2) is 29.8 Å². The van der Waals surface area contributed by atoms with Crippen LogP contribution in [0.4, 0.5) is 0 Å². The number of nitrogens with zero attached hydrogens (tertiary/aromatic N) is 1. The monoisotopic (exact) mass is 213 g/mol. The van der Waals surface area contributed by atoms with Crippen molar-refractivity contribution in [3.63, 3.8) is 0 Å². The highest BCUT2D eigenvalue weighted by Crippen LogP contribution is 2.41. The maximum atomic E-state index is 2.44. The van der Waals surface area contributed by atoms with Gasteiger partial charge in [-0.25, -0.2) is 0 Å². The molecular weight excluding hydrogens is 194 g/mol. The Kier molecular flexibility index (Phi) is 2.36. The minimum absolute atomic E-state index is 0.696. The van der Waals surface area contributed by atoms with Gasteiger partial charge in [-0.3, -0.25) is 0 Å². The van der Waals surface area contributed by atoms with E-state index < -0.39 is 0 Å². The maximum Gasteiger partial charge on any atom is 0.0196 e. The molecule has 0 N–H and O–H groups in total. The molecule has 0 amide bonds. The molecule has 1 heteroatoms. The maximum absolute atomic E-state index is 2.44. The van der Waals surface area contributed by atoms with Crippen molar-refractivity contribution in [1.29, 1.82) is 0 Å². The standard InChI is InChI=1S/C15H19N/c1-11-9-12-10-16(2)8-7-14(12)15-6-4-3-5-13(11)15/h3-6,11H,7-10H2,1-2H3. The Morgan fingerprint density at radius 3 is 2.94 bits per heavy atom. The van der Waals surface area contributed by atoms with E-state index in [0.29, 0.717) is 5.92 Å². The summed E-state index contributed by atoms with van der Waals surface area (Å²) in [6.45, 7) is 4.74. The first-order valence-electron chi connectivity index (χ1n) is 6.24. The summed E-state index contributed by atoms with van der Waals surface area (Å²) in [4.78, 5) is 2.44. The number of fused-ring (bicyclic) bond motifs is 2. The van der Waals surface area contributed by atoms with Crippen LogP contribution >= 0.6 is 0 Å². The fourth-order valence-electron chi connectivity index (χ4n) is 3.17. The third-order valence-corrected chi connectivity index (χ3v) is 4.00. The molecule has 1 nitrogen and oxygen atoms in total. The summed E-state index contributed by atoms with van der Waals surface area (Å²) in [6.07, 6.45) is 2.49. The van der Waals surface area contributed by atoms with Gasteiger partial charge in [-0.15, -0.1) is 0 Å². The second kappa shape index (κ2) is 3.74. The van der Waals surface area contributed by atoms with Gasteiger partial charge in [0.1, 0.15) is 0 Å². The first-order valence-corrected chi connectivity index (χ1v) is 6.24. The average molecular weight is 213 g/mol. The van der Waals surface area contributed by atoms with E-state index in [0.717, 1.165) is 0 Å². The highest BCUT2D eigenvalue weighted by atomic mass is 15.1. The van der Waals surface area contributed by atoms with Crippen LogP contribution in [0.2, 0.25) is 0 Å². The normalized spacial score (nSPS) is 25.2. The van der Waals surface area contributed by atoms with Crippen LogP contribution in [0.1, 0.15) is 36.8 Å². The molecule has 0 saturated heterocycles. The summed E-state index contributed by atoms with van der Waals surface area (Å²) in [5.41, 5.74) is 6.42. The summed E-state index contributed by atoms with van der Waals surface area (Å²) in [6, 6.07) is 8.98. The Bertz CT molecular complexity index is 445. The van der Waals surface area contributed by atoms with Crippen LogP contribution in [0.3, 0.4) is 0 Å². The quantitative estimate of drug-likeness (QED) is 0.639. The van der Waals surface area contributed by atoms with E-state index in [9.17, 15) is 0 Å². The molecule has 1 aliphatic carbocycles. The van der Waals surface area contributed by atoms with E-state index in [1.807, 2.05) is 0 Å². The lowest BCUT2D eigenvalue weighted by Gasteiger charge is -2.34. The smallest absolute Gasteiger partial charge is 0.0196 e. The molecule has 0 fully saturated rings. The molecular formula is C15H19N. The lowest BCUT2D eigenvalue weighted by atomic mass is 9.77.